The molecule has 0 saturated carbocycles. The van der Waals surface area contributed by atoms with Crippen LogP contribution < -0.4 is 15.0 Å². The maximum Gasteiger partial charge on any atom is 0.471 e. The number of aliphatic hydroxyl groups is 1. The summed E-state index contributed by atoms with van der Waals surface area (Å²) in [5.41, 5.74) is 1.33. The molecule has 1 atom stereocenters. The molecule has 2 aromatic rings. The molecule has 1 aliphatic heterocycles. The zero-order chi connectivity index (χ0) is 24.0. The van der Waals surface area contributed by atoms with Gasteiger partial charge in [-0.05, 0) is 74.4 Å². The van der Waals surface area contributed by atoms with Crippen LogP contribution in [0.1, 0.15) is 54.4 Å². The number of ether oxygens (including phenoxy) is 1. The number of aliphatic hydroxyl groups excluding tert-OH is 1. The summed E-state index contributed by atoms with van der Waals surface area (Å²) in [6.07, 6.45) is -1.16. The summed E-state index contributed by atoms with van der Waals surface area (Å²) < 4.78 is 48.0. The van der Waals surface area contributed by atoms with Crippen molar-refractivity contribution in [3.8, 4) is 5.75 Å². The van der Waals surface area contributed by atoms with E-state index in [0.29, 0.717) is 36.9 Å². The second kappa shape index (κ2) is 10.9. The number of piperidine rings is 1. The lowest BCUT2D eigenvalue weighted by Gasteiger charge is -2.30. The molecule has 11 heteroatoms. The van der Waals surface area contributed by atoms with E-state index < -0.39 is 12.1 Å². The van der Waals surface area contributed by atoms with Crippen molar-refractivity contribution in [2.45, 2.75) is 51.7 Å². The van der Waals surface area contributed by atoms with Crippen LogP contribution in [-0.4, -0.2) is 53.5 Å². The summed E-state index contributed by atoms with van der Waals surface area (Å²) in [4.78, 5) is 17.4. The van der Waals surface area contributed by atoms with Crippen molar-refractivity contribution < 1.29 is 32.3 Å². The van der Waals surface area contributed by atoms with Crippen molar-refractivity contribution in [3.63, 3.8) is 0 Å². The summed E-state index contributed by atoms with van der Waals surface area (Å²) in [5.74, 6) is -0.419. The topological polar surface area (TPSA) is 101 Å². The van der Waals surface area contributed by atoms with Crippen molar-refractivity contribution in [2.24, 2.45) is 5.92 Å². The van der Waals surface area contributed by atoms with Crippen LogP contribution in [0.3, 0.4) is 0 Å². The lowest BCUT2D eigenvalue weighted by molar-refractivity contribution is -0.159. The predicted molar refractivity (Wildman–Crippen MR) is 114 cm³/mol. The minimum atomic E-state index is -4.63. The first-order valence-electron chi connectivity index (χ1n) is 11.0. The first-order chi connectivity index (χ1) is 15.7. The average Bonchev–Trinajstić information content (AvgIpc) is 3.28. The van der Waals surface area contributed by atoms with E-state index in [1.54, 1.807) is 24.0 Å². The molecule has 1 aliphatic rings. The standard InChI is InChI=1S/C22H29F3N4O4/c1-14-12-17(5-6-18(14)19(31)26-15(2)13-30)32-11-3-4-16-7-9-29(10-8-16)21-27-20(33-28-21)22(23,24)25/h5-6,12,15-16,30H,3-4,7-11,13H2,1-2H3,(H,26,31). The number of anilines is 1. The number of nitrogens with zero attached hydrogens (tertiary/aromatic N) is 3. The van der Waals surface area contributed by atoms with Gasteiger partial charge in [0.05, 0.1) is 13.2 Å². The van der Waals surface area contributed by atoms with Gasteiger partial charge in [0.25, 0.3) is 11.9 Å². The van der Waals surface area contributed by atoms with Gasteiger partial charge in [0.15, 0.2) is 0 Å². The Bertz CT molecular complexity index is 927. The summed E-state index contributed by atoms with van der Waals surface area (Å²) >= 11 is 0. The number of aryl methyl sites for hydroxylation is 1. The van der Waals surface area contributed by atoms with E-state index in [9.17, 15) is 18.0 Å². The van der Waals surface area contributed by atoms with Crippen LogP contribution in [0.15, 0.2) is 22.7 Å². The summed E-state index contributed by atoms with van der Waals surface area (Å²) in [7, 11) is 0. The first kappa shape index (κ1) is 24.8. The van der Waals surface area contributed by atoms with Gasteiger partial charge >= 0.3 is 12.1 Å². The normalized spacial score (nSPS) is 16.0. The number of hydrogen-bond acceptors (Lipinski definition) is 7. The Labute approximate surface area is 190 Å². The molecule has 3 rings (SSSR count). The van der Waals surface area contributed by atoms with Crippen LogP contribution >= 0.6 is 0 Å². The minimum Gasteiger partial charge on any atom is -0.494 e. The van der Waals surface area contributed by atoms with E-state index in [-0.39, 0.29) is 24.5 Å². The molecule has 182 valence electrons. The monoisotopic (exact) mass is 470 g/mol. The largest absolute Gasteiger partial charge is 0.494 e. The van der Waals surface area contributed by atoms with E-state index in [4.69, 9.17) is 9.84 Å². The Balaban J connectivity index is 1.38. The van der Waals surface area contributed by atoms with Crippen LogP contribution in [0.25, 0.3) is 0 Å². The van der Waals surface area contributed by atoms with E-state index in [0.717, 1.165) is 31.2 Å². The third-order valence-corrected chi connectivity index (χ3v) is 5.67. The molecular weight excluding hydrogens is 441 g/mol. The Kier molecular flexibility index (Phi) is 8.17. The van der Waals surface area contributed by atoms with Crippen LogP contribution in [0.5, 0.6) is 5.75 Å². The van der Waals surface area contributed by atoms with Crippen molar-refractivity contribution >= 4 is 11.9 Å². The first-order valence-corrected chi connectivity index (χ1v) is 11.0. The second-order valence-electron chi connectivity index (χ2n) is 8.35. The molecule has 0 spiro atoms. The van der Waals surface area contributed by atoms with Gasteiger partial charge in [-0.3, -0.25) is 4.79 Å². The molecular formula is C22H29F3N4O4. The van der Waals surface area contributed by atoms with Gasteiger partial charge < -0.3 is 24.6 Å². The van der Waals surface area contributed by atoms with Crippen LogP contribution in [0.2, 0.25) is 0 Å². The zero-order valence-corrected chi connectivity index (χ0v) is 18.7. The van der Waals surface area contributed by atoms with Crippen LogP contribution in [-0.2, 0) is 6.18 Å². The van der Waals surface area contributed by atoms with Gasteiger partial charge in [-0.2, -0.15) is 18.2 Å². The molecule has 8 nitrogen and oxygen atoms in total. The highest BCUT2D eigenvalue weighted by Crippen LogP contribution is 2.30. The third-order valence-electron chi connectivity index (χ3n) is 5.67. The highest BCUT2D eigenvalue weighted by molar-refractivity contribution is 5.95. The van der Waals surface area contributed by atoms with E-state index in [1.165, 1.54) is 0 Å². The molecule has 33 heavy (non-hydrogen) atoms. The number of aromatic nitrogens is 2. The fourth-order valence-electron chi connectivity index (χ4n) is 3.77. The second-order valence-corrected chi connectivity index (χ2v) is 8.35. The fourth-order valence-corrected chi connectivity index (χ4v) is 3.77. The maximum atomic E-state index is 12.6. The maximum absolute atomic E-state index is 12.6. The fraction of sp³-hybridized carbons (Fsp3) is 0.591. The zero-order valence-electron chi connectivity index (χ0n) is 18.7. The number of hydrogen-bond donors (Lipinski definition) is 2. The number of amides is 1. The highest BCUT2D eigenvalue weighted by atomic mass is 19.4. The van der Waals surface area contributed by atoms with Gasteiger partial charge in [0.2, 0.25) is 0 Å². The van der Waals surface area contributed by atoms with Crippen molar-refractivity contribution in [3.05, 3.63) is 35.2 Å². The Hall–Kier alpha value is -2.82. The van der Waals surface area contributed by atoms with Gasteiger partial charge in [0.1, 0.15) is 5.75 Å². The number of benzene rings is 1. The number of carbonyl (C=O) groups is 1. The van der Waals surface area contributed by atoms with Gasteiger partial charge in [-0.1, -0.05) is 0 Å². The molecule has 2 N–H and O–H groups in total. The van der Waals surface area contributed by atoms with Crippen molar-refractivity contribution in [1.29, 1.82) is 0 Å². The van der Waals surface area contributed by atoms with Crippen LogP contribution in [0, 0.1) is 12.8 Å². The number of carbonyl (C=O) groups excluding carboxylic acids is 1. The van der Waals surface area contributed by atoms with E-state index in [1.807, 2.05) is 13.0 Å². The van der Waals surface area contributed by atoms with Crippen molar-refractivity contribution in [2.75, 3.05) is 31.2 Å². The molecule has 1 fully saturated rings. The number of halogens is 3. The van der Waals surface area contributed by atoms with E-state index >= 15 is 0 Å². The minimum absolute atomic E-state index is 0.0116. The summed E-state index contributed by atoms with van der Waals surface area (Å²) in [6, 6.07) is 4.97. The van der Waals surface area contributed by atoms with Crippen molar-refractivity contribution in [1.82, 2.24) is 15.5 Å². The molecule has 1 aromatic heterocycles. The Morgan fingerprint density at radius 3 is 2.70 bits per heavy atom. The Morgan fingerprint density at radius 2 is 2.09 bits per heavy atom. The van der Waals surface area contributed by atoms with E-state index in [2.05, 4.69) is 20.0 Å². The lowest BCUT2D eigenvalue weighted by atomic mass is 9.92. The molecule has 1 unspecified atom stereocenters. The summed E-state index contributed by atoms with van der Waals surface area (Å²) in [5, 5.41) is 15.2. The predicted octanol–water partition coefficient (Wildman–Crippen LogP) is 3.58. The molecule has 0 bridgehead atoms. The molecule has 2 heterocycles. The van der Waals surface area contributed by atoms with Gasteiger partial charge in [0, 0.05) is 24.7 Å². The number of nitrogens with one attached hydrogen (secondary N) is 1. The Morgan fingerprint density at radius 1 is 1.36 bits per heavy atom. The SMILES string of the molecule is Cc1cc(OCCCC2CCN(c3noc(C(F)(F)F)n3)CC2)ccc1C(=O)NC(C)CO. The number of rotatable bonds is 9. The summed E-state index contributed by atoms with van der Waals surface area (Å²) in [6.45, 7) is 5.14. The van der Waals surface area contributed by atoms with Gasteiger partial charge in [-0.15, -0.1) is 0 Å². The highest BCUT2D eigenvalue weighted by Gasteiger charge is 2.39. The number of alkyl halides is 3. The molecule has 1 aromatic carbocycles. The quantitative estimate of drug-likeness (QED) is 0.540. The molecule has 1 saturated heterocycles. The molecule has 1 amide bonds. The molecule has 0 aliphatic carbocycles. The molecule has 0 radical (unpaired) electrons. The lowest BCUT2D eigenvalue weighted by Crippen LogP contribution is -2.35. The smallest absolute Gasteiger partial charge is 0.471 e. The average molecular weight is 470 g/mol. The third kappa shape index (κ3) is 6.83. The van der Waals surface area contributed by atoms with Gasteiger partial charge in [-0.25, -0.2) is 0 Å². The van der Waals surface area contributed by atoms with Crippen LogP contribution in [0.4, 0.5) is 19.1 Å².